The number of sulfone groups is 1. The van der Waals surface area contributed by atoms with Crippen LogP contribution in [0.15, 0.2) is 29.3 Å². The lowest BCUT2D eigenvalue weighted by atomic mass is 10.0. The highest BCUT2D eigenvalue weighted by Gasteiger charge is 2.28. The lowest BCUT2D eigenvalue weighted by Gasteiger charge is -2.35. The van der Waals surface area contributed by atoms with Crippen molar-refractivity contribution in [1.29, 1.82) is 0 Å². The number of morpholine rings is 1. The van der Waals surface area contributed by atoms with Gasteiger partial charge in [-0.05, 0) is 38.5 Å². The Kier molecular flexibility index (Phi) is 11.5. The SMILES string of the molecule is CN=C(NCCS(=O)(=O)C(C)(C)C)NCC(c1ccc(OC)cc1)N1CCOCC1.I. The normalized spacial score (nSPS) is 16.9. The molecule has 1 heterocycles. The number of rotatable bonds is 8. The van der Waals surface area contributed by atoms with E-state index in [1.807, 2.05) is 12.1 Å². The quantitative estimate of drug-likeness (QED) is 0.282. The minimum atomic E-state index is -3.18. The molecule has 1 unspecified atom stereocenters. The fourth-order valence-corrected chi connectivity index (χ4v) is 4.18. The van der Waals surface area contributed by atoms with E-state index in [4.69, 9.17) is 9.47 Å². The van der Waals surface area contributed by atoms with Crippen LogP contribution in [0, 0.1) is 0 Å². The average Bonchev–Trinajstić information content (AvgIpc) is 2.73. The van der Waals surface area contributed by atoms with Crippen molar-refractivity contribution in [2.75, 3.05) is 59.3 Å². The Morgan fingerprint density at radius 2 is 1.81 bits per heavy atom. The van der Waals surface area contributed by atoms with E-state index < -0.39 is 14.6 Å². The third kappa shape index (κ3) is 8.39. The molecule has 10 heteroatoms. The minimum absolute atomic E-state index is 0. The maximum absolute atomic E-state index is 12.3. The number of halogens is 1. The van der Waals surface area contributed by atoms with Gasteiger partial charge in [0.1, 0.15) is 5.75 Å². The van der Waals surface area contributed by atoms with Crippen LogP contribution in [0.3, 0.4) is 0 Å². The van der Waals surface area contributed by atoms with Crippen molar-refractivity contribution >= 4 is 39.8 Å². The molecule has 1 aromatic rings. The van der Waals surface area contributed by atoms with E-state index in [-0.39, 0.29) is 35.8 Å². The third-order valence-electron chi connectivity index (χ3n) is 5.27. The molecule has 1 atom stereocenters. The largest absolute Gasteiger partial charge is 0.497 e. The van der Waals surface area contributed by atoms with E-state index in [0.717, 1.165) is 18.8 Å². The molecule has 1 aliphatic heterocycles. The molecule has 31 heavy (non-hydrogen) atoms. The second kappa shape index (κ2) is 12.8. The summed E-state index contributed by atoms with van der Waals surface area (Å²) < 4.78 is 34.6. The van der Waals surface area contributed by atoms with E-state index in [1.54, 1.807) is 34.9 Å². The first-order chi connectivity index (χ1) is 14.2. The summed E-state index contributed by atoms with van der Waals surface area (Å²) in [4.78, 5) is 6.63. The molecular formula is C21H37IN4O4S. The van der Waals surface area contributed by atoms with Gasteiger partial charge in [-0.3, -0.25) is 9.89 Å². The number of benzene rings is 1. The van der Waals surface area contributed by atoms with E-state index >= 15 is 0 Å². The van der Waals surface area contributed by atoms with Gasteiger partial charge in [0.05, 0.1) is 36.9 Å². The molecule has 2 N–H and O–H groups in total. The minimum Gasteiger partial charge on any atom is -0.497 e. The van der Waals surface area contributed by atoms with E-state index in [0.29, 0.717) is 32.3 Å². The van der Waals surface area contributed by atoms with Crippen molar-refractivity contribution in [2.24, 2.45) is 4.99 Å². The fourth-order valence-electron chi connectivity index (χ4n) is 3.20. The van der Waals surface area contributed by atoms with Gasteiger partial charge in [0, 0.05) is 33.2 Å². The molecule has 178 valence electrons. The Balaban J connectivity index is 0.00000480. The van der Waals surface area contributed by atoms with Crippen LogP contribution >= 0.6 is 24.0 Å². The molecule has 0 bridgehead atoms. The van der Waals surface area contributed by atoms with Crippen LogP contribution in [-0.4, -0.2) is 83.3 Å². The zero-order valence-electron chi connectivity index (χ0n) is 19.2. The Morgan fingerprint density at radius 3 is 2.32 bits per heavy atom. The highest BCUT2D eigenvalue weighted by molar-refractivity contribution is 14.0. The Bertz CT molecular complexity index is 789. The van der Waals surface area contributed by atoms with Crippen molar-refractivity contribution in [2.45, 2.75) is 31.6 Å². The maximum atomic E-state index is 12.3. The highest BCUT2D eigenvalue weighted by Crippen LogP contribution is 2.23. The van der Waals surface area contributed by atoms with Crippen molar-refractivity contribution in [1.82, 2.24) is 15.5 Å². The molecule has 8 nitrogen and oxygen atoms in total. The Hall–Kier alpha value is -1.11. The number of aliphatic imine (C=N–C) groups is 1. The standard InChI is InChI=1S/C21H36N4O4S.HI/c1-21(2,3)30(26,27)15-10-23-20(22-4)24-16-19(25-11-13-29-14-12-25)17-6-8-18(28-5)9-7-17;/h6-9,19H,10-16H2,1-5H3,(H2,22,23,24);1H. The van der Waals surface area contributed by atoms with Gasteiger partial charge in [0.15, 0.2) is 15.8 Å². The highest BCUT2D eigenvalue weighted by atomic mass is 127. The summed E-state index contributed by atoms with van der Waals surface area (Å²) in [5.74, 6) is 1.47. The summed E-state index contributed by atoms with van der Waals surface area (Å²) in [6, 6.07) is 8.22. The number of hydrogen-bond donors (Lipinski definition) is 2. The van der Waals surface area contributed by atoms with Gasteiger partial charge in [0.25, 0.3) is 0 Å². The molecule has 0 radical (unpaired) electrons. The molecule has 0 spiro atoms. The topological polar surface area (TPSA) is 92.3 Å². The predicted molar refractivity (Wildman–Crippen MR) is 136 cm³/mol. The summed E-state index contributed by atoms with van der Waals surface area (Å²) in [6.45, 7) is 9.24. The zero-order chi connectivity index (χ0) is 22.2. The van der Waals surface area contributed by atoms with Crippen LogP contribution in [0.1, 0.15) is 32.4 Å². The smallest absolute Gasteiger partial charge is 0.191 e. The van der Waals surface area contributed by atoms with E-state index in [2.05, 4.69) is 32.7 Å². The number of nitrogens with zero attached hydrogens (tertiary/aromatic N) is 2. The van der Waals surface area contributed by atoms with Gasteiger partial charge >= 0.3 is 0 Å². The van der Waals surface area contributed by atoms with Crippen LogP contribution in [0.25, 0.3) is 0 Å². The Labute approximate surface area is 204 Å². The van der Waals surface area contributed by atoms with Crippen molar-refractivity contribution in [3.05, 3.63) is 29.8 Å². The predicted octanol–water partition coefficient (Wildman–Crippen LogP) is 2.06. The summed E-state index contributed by atoms with van der Waals surface area (Å²) in [7, 11) is 0.165. The summed E-state index contributed by atoms with van der Waals surface area (Å²) >= 11 is 0. The molecule has 1 aromatic carbocycles. The Morgan fingerprint density at radius 1 is 1.19 bits per heavy atom. The van der Waals surface area contributed by atoms with Gasteiger partial charge in [-0.2, -0.15) is 0 Å². The molecule has 0 aromatic heterocycles. The summed E-state index contributed by atoms with van der Waals surface area (Å²) in [6.07, 6.45) is 0. The van der Waals surface area contributed by atoms with Crippen molar-refractivity contribution in [3.63, 3.8) is 0 Å². The monoisotopic (exact) mass is 568 g/mol. The second-order valence-corrected chi connectivity index (χ2v) is 11.1. The lowest BCUT2D eigenvalue weighted by molar-refractivity contribution is 0.0170. The third-order valence-corrected chi connectivity index (χ3v) is 7.88. The summed E-state index contributed by atoms with van der Waals surface area (Å²) in [5.41, 5.74) is 1.18. The van der Waals surface area contributed by atoms with Gasteiger partial charge in [-0.1, -0.05) is 12.1 Å². The summed E-state index contributed by atoms with van der Waals surface area (Å²) in [5, 5.41) is 6.47. The first-order valence-corrected chi connectivity index (χ1v) is 12.0. The van der Waals surface area contributed by atoms with Crippen molar-refractivity contribution < 1.29 is 17.9 Å². The first-order valence-electron chi connectivity index (χ1n) is 10.3. The number of nitrogens with one attached hydrogen (secondary N) is 2. The first kappa shape index (κ1) is 27.9. The van der Waals surface area contributed by atoms with Gasteiger partial charge in [-0.15, -0.1) is 24.0 Å². The van der Waals surface area contributed by atoms with E-state index in [1.165, 1.54) is 5.56 Å². The molecule has 0 amide bonds. The van der Waals surface area contributed by atoms with Crippen LogP contribution in [0.2, 0.25) is 0 Å². The van der Waals surface area contributed by atoms with Gasteiger partial charge in [-0.25, -0.2) is 8.42 Å². The van der Waals surface area contributed by atoms with Crippen molar-refractivity contribution in [3.8, 4) is 5.75 Å². The number of methoxy groups -OCH3 is 1. The molecule has 1 saturated heterocycles. The lowest BCUT2D eigenvalue weighted by Crippen LogP contribution is -2.47. The van der Waals surface area contributed by atoms with Gasteiger partial charge in [0.2, 0.25) is 0 Å². The number of guanidine groups is 1. The molecule has 2 rings (SSSR count). The molecular weight excluding hydrogens is 531 g/mol. The maximum Gasteiger partial charge on any atom is 0.191 e. The van der Waals surface area contributed by atoms with Gasteiger partial charge < -0.3 is 20.1 Å². The zero-order valence-corrected chi connectivity index (χ0v) is 22.3. The molecule has 1 fully saturated rings. The van der Waals surface area contributed by atoms with Crippen LogP contribution < -0.4 is 15.4 Å². The molecule has 1 aliphatic rings. The van der Waals surface area contributed by atoms with Crippen LogP contribution in [0.4, 0.5) is 0 Å². The number of ether oxygens (including phenoxy) is 2. The second-order valence-electron chi connectivity index (χ2n) is 8.25. The molecule has 0 saturated carbocycles. The van der Waals surface area contributed by atoms with Crippen LogP contribution in [-0.2, 0) is 14.6 Å². The van der Waals surface area contributed by atoms with Crippen LogP contribution in [0.5, 0.6) is 5.75 Å². The van der Waals surface area contributed by atoms with E-state index in [9.17, 15) is 8.42 Å². The fraction of sp³-hybridized carbons (Fsp3) is 0.667. The average molecular weight is 569 g/mol. The molecule has 0 aliphatic carbocycles. The number of hydrogen-bond acceptors (Lipinski definition) is 6.